The van der Waals surface area contributed by atoms with Crippen molar-refractivity contribution in [3.05, 3.63) is 48.4 Å². The molecule has 3 aromatic rings. The van der Waals surface area contributed by atoms with Crippen molar-refractivity contribution in [3.63, 3.8) is 0 Å². The Morgan fingerprint density at radius 1 is 1.11 bits per heavy atom. The molecule has 0 saturated carbocycles. The van der Waals surface area contributed by atoms with Gasteiger partial charge in [-0.25, -0.2) is 0 Å². The number of hydrogen-bond donors (Lipinski definition) is 1. The van der Waals surface area contributed by atoms with Crippen LogP contribution in [0.5, 0.6) is 5.75 Å². The van der Waals surface area contributed by atoms with Crippen LogP contribution in [0.1, 0.15) is 24.7 Å². The van der Waals surface area contributed by atoms with Crippen molar-refractivity contribution in [2.45, 2.75) is 25.2 Å². The average molecular weight is 376 g/mol. The van der Waals surface area contributed by atoms with E-state index in [0.29, 0.717) is 28.5 Å². The Balaban J connectivity index is 1.55. The highest BCUT2D eigenvalue weighted by Crippen LogP contribution is 2.28. The Kier molecular flexibility index (Phi) is 4.53. The molecule has 1 aromatic carbocycles. The van der Waals surface area contributed by atoms with E-state index in [-0.39, 0.29) is 11.8 Å². The van der Waals surface area contributed by atoms with Crippen LogP contribution in [0.3, 0.4) is 0 Å². The van der Waals surface area contributed by atoms with Crippen molar-refractivity contribution in [1.29, 1.82) is 0 Å². The maximum atomic E-state index is 12.3. The smallest absolute Gasteiger partial charge is 0.406 e. The second kappa shape index (κ2) is 6.99. The van der Waals surface area contributed by atoms with Gasteiger partial charge >= 0.3 is 6.36 Å². The Hall–Kier alpha value is -2.94. The standard InChI is InChI=1S/C18H15F3N4O2/c19-18(20,21)26-13-5-3-11(4-6-13)15-10-12(7-9-23-15)17-24-16(25-27-17)14-2-1-8-22-14/h3-7,9-10,14,22H,1-2,8H2. The highest BCUT2D eigenvalue weighted by molar-refractivity contribution is 5.66. The van der Waals surface area contributed by atoms with E-state index in [9.17, 15) is 13.2 Å². The van der Waals surface area contributed by atoms with Gasteiger partial charge in [-0.3, -0.25) is 4.98 Å². The first kappa shape index (κ1) is 17.5. The summed E-state index contributed by atoms with van der Waals surface area (Å²) in [6.45, 7) is 0.933. The first-order chi connectivity index (χ1) is 13.0. The third kappa shape index (κ3) is 4.08. The molecule has 1 aliphatic rings. The quantitative estimate of drug-likeness (QED) is 0.738. The molecule has 6 nitrogen and oxygen atoms in total. The van der Waals surface area contributed by atoms with Gasteiger partial charge in [-0.2, -0.15) is 4.98 Å². The lowest BCUT2D eigenvalue weighted by Crippen LogP contribution is -2.16. The first-order valence-electron chi connectivity index (χ1n) is 8.37. The highest BCUT2D eigenvalue weighted by atomic mass is 19.4. The summed E-state index contributed by atoms with van der Waals surface area (Å²) in [6.07, 6.45) is -1.10. The summed E-state index contributed by atoms with van der Waals surface area (Å²) in [5.74, 6) is 0.710. The maximum Gasteiger partial charge on any atom is 0.573 e. The largest absolute Gasteiger partial charge is 0.573 e. The van der Waals surface area contributed by atoms with Crippen LogP contribution in [0.2, 0.25) is 0 Å². The normalized spacial score (nSPS) is 17.2. The van der Waals surface area contributed by atoms with Crippen LogP contribution in [0.15, 0.2) is 47.1 Å². The lowest BCUT2D eigenvalue weighted by atomic mass is 10.1. The fourth-order valence-corrected chi connectivity index (χ4v) is 2.95. The van der Waals surface area contributed by atoms with Crippen molar-refractivity contribution < 1.29 is 22.4 Å². The molecule has 1 fully saturated rings. The van der Waals surface area contributed by atoms with Gasteiger partial charge in [0.1, 0.15) is 5.75 Å². The molecule has 0 radical (unpaired) electrons. The van der Waals surface area contributed by atoms with Gasteiger partial charge in [-0.15, -0.1) is 13.2 Å². The highest BCUT2D eigenvalue weighted by Gasteiger charge is 2.31. The molecule has 1 atom stereocenters. The summed E-state index contributed by atoms with van der Waals surface area (Å²) in [6, 6.07) is 9.10. The van der Waals surface area contributed by atoms with Crippen LogP contribution < -0.4 is 10.1 Å². The molecule has 0 aliphatic carbocycles. The zero-order chi connectivity index (χ0) is 18.9. The van der Waals surface area contributed by atoms with E-state index < -0.39 is 6.36 Å². The summed E-state index contributed by atoms with van der Waals surface area (Å²) in [5, 5.41) is 7.34. The number of ether oxygens (including phenoxy) is 1. The molecule has 0 amide bonds. The molecule has 1 N–H and O–H groups in total. The van der Waals surface area contributed by atoms with Gasteiger partial charge in [-0.05, 0) is 55.8 Å². The molecule has 2 aromatic heterocycles. The predicted octanol–water partition coefficient (Wildman–Crippen LogP) is 4.12. The van der Waals surface area contributed by atoms with E-state index in [1.165, 1.54) is 24.3 Å². The number of aromatic nitrogens is 3. The van der Waals surface area contributed by atoms with Crippen molar-refractivity contribution in [2.75, 3.05) is 6.54 Å². The lowest BCUT2D eigenvalue weighted by molar-refractivity contribution is -0.274. The number of benzene rings is 1. The minimum Gasteiger partial charge on any atom is -0.406 e. The SMILES string of the molecule is FC(F)(F)Oc1ccc(-c2cc(-c3nc(C4CCCN4)no3)ccn2)cc1. The van der Waals surface area contributed by atoms with Gasteiger partial charge in [0.25, 0.3) is 5.89 Å². The fraction of sp³-hybridized carbons (Fsp3) is 0.278. The molecule has 0 spiro atoms. The van der Waals surface area contributed by atoms with E-state index in [1.807, 2.05) is 0 Å². The second-order valence-corrected chi connectivity index (χ2v) is 6.11. The molecule has 27 heavy (non-hydrogen) atoms. The Labute approximate surface area is 152 Å². The molecular weight excluding hydrogens is 361 g/mol. The molecule has 1 aliphatic heterocycles. The summed E-state index contributed by atoms with van der Waals surface area (Å²) >= 11 is 0. The van der Waals surface area contributed by atoms with Gasteiger partial charge in [-0.1, -0.05) is 5.16 Å². The molecule has 3 heterocycles. The van der Waals surface area contributed by atoms with Crippen LogP contribution in [0.4, 0.5) is 13.2 Å². The van der Waals surface area contributed by atoms with E-state index in [0.717, 1.165) is 19.4 Å². The fourth-order valence-electron chi connectivity index (χ4n) is 2.95. The lowest BCUT2D eigenvalue weighted by Gasteiger charge is -2.09. The minimum absolute atomic E-state index is 0.102. The van der Waals surface area contributed by atoms with E-state index >= 15 is 0 Å². The molecular formula is C18H15F3N4O2. The van der Waals surface area contributed by atoms with Crippen LogP contribution in [0, 0.1) is 0 Å². The molecule has 4 rings (SSSR count). The third-order valence-corrected chi connectivity index (χ3v) is 4.20. The van der Waals surface area contributed by atoms with Crippen LogP contribution in [0.25, 0.3) is 22.7 Å². The Morgan fingerprint density at radius 2 is 1.93 bits per heavy atom. The zero-order valence-electron chi connectivity index (χ0n) is 14.0. The Morgan fingerprint density at radius 3 is 2.63 bits per heavy atom. The molecule has 1 unspecified atom stereocenters. The topological polar surface area (TPSA) is 73.1 Å². The number of nitrogens with zero attached hydrogens (tertiary/aromatic N) is 3. The van der Waals surface area contributed by atoms with Gasteiger partial charge < -0.3 is 14.6 Å². The average Bonchev–Trinajstić information content (AvgIpc) is 3.33. The van der Waals surface area contributed by atoms with Gasteiger partial charge in [0.15, 0.2) is 5.82 Å². The number of halogens is 3. The van der Waals surface area contributed by atoms with Crippen molar-refractivity contribution in [2.24, 2.45) is 0 Å². The number of rotatable bonds is 4. The van der Waals surface area contributed by atoms with Crippen LogP contribution in [-0.2, 0) is 0 Å². The summed E-state index contributed by atoms with van der Waals surface area (Å²) < 4.78 is 46.0. The molecule has 1 saturated heterocycles. The number of nitrogens with one attached hydrogen (secondary N) is 1. The monoisotopic (exact) mass is 376 g/mol. The van der Waals surface area contributed by atoms with E-state index in [2.05, 4.69) is 25.2 Å². The second-order valence-electron chi connectivity index (χ2n) is 6.11. The zero-order valence-corrected chi connectivity index (χ0v) is 14.0. The number of pyridine rings is 1. The third-order valence-electron chi connectivity index (χ3n) is 4.20. The predicted molar refractivity (Wildman–Crippen MR) is 89.6 cm³/mol. The van der Waals surface area contributed by atoms with Crippen molar-refractivity contribution in [3.8, 4) is 28.5 Å². The van der Waals surface area contributed by atoms with E-state index in [4.69, 9.17) is 4.52 Å². The number of alkyl halides is 3. The van der Waals surface area contributed by atoms with E-state index in [1.54, 1.807) is 18.3 Å². The summed E-state index contributed by atoms with van der Waals surface area (Å²) in [4.78, 5) is 8.70. The van der Waals surface area contributed by atoms with Crippen LogP contribution in [-0.4, -0.2) is 28.0 Å². The molecule has 9 heteroatoms. The van der Waals surface area contributed by atoms with Gasteiger partial charge in [0, 0.05) is 17.3 Å². The van der Waals surface area contributed by atoms with Gasteiger partial charge in [0.2, 0.25) is 0 Å². The first-order valence-corrected chi connectivity index (χ1v) is 8.37. The van der Waals surface area contributed by atoms with Crippen molar-refractivity contribution in [1.82, 2.24) is 20.4 Å². The van der Waals surface area contributed by atoms with Crippen molar-refractivity contribution >= 4 is 0 Å². The van der Waals surface area contributed by atoms with Gasteiger partial charge in [0.05, 0.1) is 11.7 Å². The minimum atomic E-state index is -4.72. The maximum absolute atomic E-state index is 12.3. The Bertz CT molecular complexity index is 919. The number of hydrogen-bond acceptors (Lipinski definition) is 6. The molecule has 140 valence electrons. The summed E-state index contributed by atoms with van der Waals surface area (Å²) in [7, 11) is 0. The molecule has 0 bridgehead atoms. The summed E-state index contributed by atoms with van der Waals surface area (Å²) in [5.41, 5.74) is 1.90. The van der Waals surface area contributed by atoms with Crippen LogP contribution >= 0.6 is 0 Å².